The van der Waals surface area contributed by atoms with Gasteiger partial charge in [0.05, 0.1) is 7.11 Å². The Balaban J connectivity index is 1.79. The maximum Gasteiger partial charge on any atom is 0.242 e. The Kier molecular flexibility index (Phi) is 7.05. The van der Waals surface area contributed by atoms with Crippen LogP contribution in [0.1, 0.15) is 10.8 Å². The van der Waals surface area contributed by atoms with E-state index >= 15 is 0 Å². The molecule has 1 heterocycles. The Hall–Kier alpha value is -2.84. The number of ether oxygens (including phenoxy) is 1. The fourth-order valence-electron chi connectivity index (χ4n) is 2.40. The van der Waals surface area contributed by atoms with Gasteiger partial charge in [-0.15, -0.1) is 16.8 Å². The van der Waals surface area contributed by atoms with Crippen molar-refractivity contribution in [1.29, 1.82) is 0 Å². The number of nitrogens with zero attached hydrogens (tertiary/aromatic N) is 2. The third kappa shape index (κ3) is 5.34. The highest BCUT2D eigenvalue weighted by atomic mass is 32.2. The van der Waals surface area contributed by atoms with Gasteiger partial charge in [0.1, 0.15) is 11.0 Å². The Labute approximate surface area is 172 Å². The van der Waals surface area contributed by atoms with Crippen LogP contribution in [0.3, 0.4) is 0 Å². The van der Waals surface area contributed by atoms with E-state index in [-0.39, 0.29) is 5.91 Å². The third-order valence-electron chi connectivity index (χ3n) is 3.70. The number of aromatic nitrogens is 2. The molecule has 144 valence electrons. The molecule has 0 saturated carbocycles. The SMILES string of the molecule is C=CCNc1nnc(S[C@@H](C(=O)Nc2cccc(OC)c2)c2ccccc2)s1. The van der Waals surface area contributed by atoms with Crippen molar-refractivity contribution < 1.29 is 9.53 Å². The number of hydrogen-bond acceptors (Lipinski definition) is 7. The number of amides is 1. The zero-order valence-corrected chi connectivity index (χ0v) is 16.9. The topological polar surface area (TPSA) is 76.1 Å². The Bertz CT molecular complexity index is 931. The molecule has 1 aromatic heterocycles. The molecule has 2 aromatic carbocycles. The van der Waals surface area contributed by atoms with E-state index in [1.165, 1.54) is 23.1 Å². The molecule has 0 fully saturated rings. The highest BCUT2D eigenvalue weighted by Gasteiger charge is 2.24. The average molecular weight is 413 g/mol. The second-order valence-electron chi connectivity index (χ2n) is 5.67. The van der Waals surface area contributed by atoms with E-state index < -0.39 is 5.25 Å². The number of hydrogen-bond donors (Lipinski definition) is 2. The summed E-state index contributed by atoms with van der Waals surface area (Å²) in [5.41, 5.74) is 1.57. The predicted molar refractivity (Wildman–Crippen MR) is 115 cm³/mol. The first-order valence-corrected chi connectivity index (χ1v) is 10.2. The molecule has 8 heteroatoms. The van der Waals surface area contributed by atoms with Gasteiger partial charge in [0.25, 0.3) is 0 Å². The summed E-state index contributed by atoms with van der Waals surface area (Å²) in [5.74, 6) is 0.545. The molecule has 0 aliphatic heterocycles. The maximum absolute atomic E-state index is 13.1. The number of methoxy groups -OCH3 is 1. The molecule has 0 unspecified atom stereocenters. The summed E-state index contributed by atoms with van der Waals surface area (Å²) in [5, 5.41) is 14.6. The molecule has 1 amide bonds. The van der Waals surface area contributed by atoms with Crippen LogP contribution in [0.25, 0.3) is 0 Å². The van der Waals surface area contributed by atoms with E-state index in [1.54, 1.807) is 19.3 Å². The lowest BCUT2D eigenvalue weighted by Gasteiger charge is -2.16. The number of thioether (sulfide) groups is 1. The van der Waals surface area contributed by atoms with E-state index in [0.29, 0.717) is 27.5 Å². The smallest absolute Gasteiger partial charge is 0.242 e. The summed E-state index contributed by atoms with van der Waals surface area (Å²) >= 11 is 2.78. The normalized spacial score (nSPS) is 11.5. The third-order valence-corrected chi connectivity index (χ3v) is 5.92. The standard InChI is InChI=1S/C20H20N4O2S2/c1-3-12-21-19-23-24-20(28-19)27-17(14-8-5-4-6-9-14)18(25)22-15-10-7-11-16(13-15)26-2/h3-11,13,17H,1,12H2,2H3,(H,21,23)(H,22,25)/t17-/m1/s1. The molecule has 0 spiro atoms. The van der Waals surface area contributed by atoms with Crippen molar-refractivity contribution in [2.24, 2.45) is 0 Å². The second-order valence-corrected chi connectivity index (χ2v) is 8.00. The number of benzene rings is 2. The van der Waals surface area contributed by atoms with Gasteiger partial charge in [-0.3, -0.25) is 4.79 Å². The van der Waals surface area contributed by atoms with E-state index in [1.807, 2.05) is 48.5 Å². The molecule has 0 aliphatic carbocycles. The van der Waals surface area contributed by atoms with Gasteiger partial charge in [-0.25, -0.2) is 0 Å². The van der Waals surface area contributed by atoms with Crippen LogP contribution in [0.15, 0.2) is 71.6 Å². The molecule has 28 heavy (non-hydrogen) atoms. The van der Waals surface area contributed by atoms with Crippen LogP contribution >= 0.6 is 23.1 Å². The molecule has 2 N–H and O–H groups in total. The largest absolute Gasteiger partial charge is 0.497 e. The fraction of sp³-hybridized carbons (Fsp3) is 0.150. The van der Waals surface area contributed by atoms with E-state index in [0.717, 1.165) is 5.56 Å². The highest BCUT2D eigenvalue weighted by Crippen LogP contribution is 2.38. The monoisotopic (exact) mass is 412 g/mol. The number of anilines is 2. The van der Waals surface area contributed by atoms with Crippen LogP contribution in [0, 0.1) is 0 Å². The maximum atomic E-state index is 13.1. The first kappa shape index (κ1) is 19.9. The van der Waals surface area contributed by atoms with Gasteiger partial charge in [-0.1, -0.05) is 65.6 Å². The van der Waals surface area contributed by atoms with Gasteiger partial charge in [-0.05, 0) is 17.7 Å². The van der Waals surface area contributed by atoms with Gasteiger partial charge in [0, 0.05) is 18.3 Å². The quantitative estimate of drug-likeness (QED) is 0.395. The van der Waals surface area contributed by atoms with Crippen molar-refractivity contribution in [2.45, 2.75) is 9.59 Å². The van der Waals surface area contributed by atoms with Gasteiger partial charge >= 0.3 is 0 Å². The molecule has 0 radical (unpaired) electrons. The minimum Gasteiger partial charge on any atom is -0.497 e. The summed E-state index contributed by atoms with van der Waals surface area (Å²) in [4.78, 5) is 13.1. The summed E-state index contributed by atoms with van der Waals surface area (Å²) in [6.45, 7) is 4.28. The van der Waals surface area contributed by atoms with Crippen LogP contribution in [-0.4, -0.2) is 29.8 Å². The zero-order chi connectivity index (χ0) is 19.8. The van der Waals surface area contributed by atoms with Crippen molar-refractivity contribution in [3.05, 3.63) is 72.8 Å². The molecule has 1 atom stereocenters. The van der Waals surface area contributed by atoms with Crippen LogP contribution in [0.4, 0.5) is 10.8 Å². The van der Waals surface area contributed by atoms with Gasteiger partial charge in [-0.2, -0.15) is 0 Å². The first-order valence-electron chi connectivity index (χ1n) is 8.54. The van der Waals surface area contributed by atoms with Crippen LogP contribution < -0.4 is 15.4 Å². The van der Waals surface area contributed by atoms with Gasteiger partial charge in [0.2, 0.25) is 11.0 Å². The Morgan fingerprint density at radius 2 is 2.07 bits per heavy atom. The van der Waals surface area contributed by atoms with E-state index in [4.69, 9.17) is 4.74 Å². The minimum atomic E-state index is -0.465. The molecule has 0 bridgehead atoms. The lowest BCUT2D eigenvalue weighted by molar-refractivity contribution is -0.115. The molecule has 0 aliphatic rings. The molecule has 3 aromatic rings. The van der Waals surface area contributed by atoms with Crippen molar-refractivity contribution in [3.8, 4) is 5.75 Å². The fourth-order valence-corrected chi connectivity index (χ4v) is 4.35. The van der Waals surface area contributed by atoms with Gasteiger partial charge < -0.3 is 15.4 Å². The predicted octanol–water partition coefficient (Wildman–Crippen LogP) is 4.62. The lowest BCUT2D eigenvalue weighted by Crippen LogP contribution is -2.19. The van der Waals surface area contributed by atoms with Gasteiger partial charge in [0.15, 0.2) is 4.34 Å². The number of carbonyl (C=O) groups is 1. The molecule has 3 rings (SSSR count). The highest BCUT2D eigenvalue weighted by molar-refractivity contribution is 8.02. The second kappa shape index (κ2) is 9.91. The zero-order valence-electron chi connectivity index (χ0n) is 15.3. The Morgan fingerprint density at radius 3 is 2.82 bits per heavy atom. The average Bonchev–Trinajstić information content (AvgIpc) is 3.18. The molecular formula is C20H20N4O2S2. The molecule has 6 nitrogen and oxygen atoms in total. The van der Waals surface area contributed by atoms with Crippen molar-refractivity contribution in [2.75, 3.05) is 24.3 Å². The summed E-state index contributed by atoms with van der Waals surface area (Å²) in [7, 11) is 1.59. The summed E-state index contributed by atoms with van der Waals surface area (Å²) in [6, 6.07) is 16.9. The molecular weight excluding hydrogens is 392 g/mol. The lowest BCUT2D eigenvalue weighted by atomic mass is 10.1. The molecule has 0 saturated heterocycles. The summed E-state index contributed by atoms with van der Waals surface area (Å²) < 4.78 is 5.93. The van der Waals surface area contributed by atoms with Crippen molar-refractivity contribution in [3.63, 3.8) is 0 Å². The summed E-state index contributed by atoms with van der Waals surface area (Å²) in [6.07, 6.45) is 1.75. The van der Waals surface area contributed by atoms with Crippen molar-refractivity contribution in [1.82, 2.24) is 10.2 Å². The number of nitrogens with one attached hydrogen (secondary N) is 2. The minimum absolute atomic E-state index is 0.139. The van der Waals surface area contributed by atoms with E-state index in [2.05, 4.69) is 27.4 Å². The van der Waals surface area contributed by atoms with E-state index in [9.17, 15) is 4.79 Å². The van der Waals surface area contributed by atoms with Crippen LogP contribution in [0.2, 0.25) is 0 Å². The van der Waals surface area contributed by atoms with Crippen LogP contribution in [-0.2, 0) is 4.79 Å². The van der Waals surface area contributed by atoms with Crippen molar-refractivity contribution >= 4 is 39.8 Å². The number of rotatable bonds is 9. The first-order chi connectivity index (χ1) is 13.7. The van der Waals surface area contributed by atoms with Crippen LogP contribution in [0.5, 0.6) is 5.75 Å². The Morgan fingerprint density at radius 1 is 1.25 bits per heavy atom. The number of carbonyl (C=O) groups excluding carboxylic acids is 1.